The molecule has 1 aliphatic rings. The van der Waals surface area contributed by atoms with Crippen LogP contribution < -0.4 is 5.73 Å². The summed E-state index contributed by atoms with van der Waals surface area (Å²) >= 11 is 0. The molecule has 1 atom stereocenters. The summed E-state index contributed by atoms with van der Waals surface area (Å²) in [4.78, 5) is 12.1. The zero-order valence-corrected chi connectivity index (χ0v) is 15.7. The number of rotatable bonds is 3. The van der Waals surface area contributed by atoms with Gasteiger partial charge < -0.3 is 45.0 Å². The minimum atomic E-state index is -0.539. The van der Waals surface area contributed by atoms with Gasteiger partial charge in [0.25, 0.3) is 0 Å². The van der Waals surface area contributed by atoms with Crippen LogP contribution in [0.3, 0.4) is 0 Å². The van der Waals surface area contributed by atoms with E-state index in [1.54, 1.807) is 13.8 Å². The minimum Gasteiger partial charge on any atom is -0.748 e. The maximum absolute atomic E-state index is 12.1. The van der Waals surface area contributed by atoms with E-state index >= 15 is 0 Å². The van der Waals surface area contributed by atoms with Crippen molar-refractivity contribution in [3.8, 4) is 6.07 Å². The molecule has 2 N–H and O–H groups in total. The summed E-state index contributed by atoms with van der Waals surface area (Å²) in [5.41, 5.74) is 7.13. The molecule has 3 rings (SSSR count). The molecule has 0 amide bonds. The summed E-state index contributed by atoms with van der Waals surface area (Å²) in [5.74, 6) is -0.630. The first-order chi connectivity index (χ1) is 12.1. The molecule has 0 saturated heterocycles. The number of hydrogen-bond acceptors (Lipinski definition) is 5. The number of nitrogens with two attached hydrogens (primary N) is 1. The largest absolute Gasteiger partial charge is 0.748 e. The molecule has 0 saturated carbocycles. The normalized spacial score (nSPS) is 15.8. The third-order valence-corrected chi connectivity index (χ3v) is 3.68. The fraction of sp³-hybridized carbons (Fsp3) is 0.200. The van der Waals surface area contributed by atoms with Crippen molar-refractivity contribution in [1.82, 2.24) is 0 Å². The molecule has 1 heterocycles. The predicted molar refractivity (Wildman–Crippen MR) is 94.1 cm³/mol. The number of ether oxygens (including phenoxy) is 2. The van der Waals surface area contributed by atoms with E-state index in [1.165, 1.54) is 0 Å². The van der Waals surface area contributed by atoms with Gasteiger partial charge in [-0.2, -0.15) is 23.5 Å². The van der Waals surface area contributed by atoms with Crippen molar-refractivity contribution in [1.29, 1.82) is 5.26 Å². The van der Waals surface area contributed by atoms with Crippen LogP contribution in [0.4, 0.5) is 0 Å². The van der Waals surface area contributed by atoms with Gasteiger partial charge in [-0.25, -0.2) is 16.9 Å². The number of carbonyl (C=O) groups is 1. The van der Waals surface area contributed by atoms with E-state index in [9.17, 15) is 10.1 Å². The Morgan fingerprint density at radius 2 is 2.00 bits per heavy atom. The standard InChI is InChI=1S/C15H15N2O3.C5H5.Fe/c1-3-19-15(18)12-9(2)20-14(17)11(8-16)13(12)10-6-4-5-7-10;1-2-4-5-3-1;/h4-7,13H,3,17H2,1-2H3;1-5H;/q-5;-1;. The van der Waals surface area contributed by atoms with Gasteiger partial charge in [0.15, 0.2) is 0 Å². The Labute approximate surface area is 163 Å². The minimum absolute atomic E-state index is 0. The second-order valence-electron chi connectivity index (χ2n) is 5.30. The van der Waals surface area contributed by atoms with Gasteiger partial charge in [0.2, 0.25) is 5.88 Å². The van der Waals surface area contributed by atoms with Crippen molar-refractivity contribution in [3.05, 3.63) is 82.9 Å². The van der Waals surface area contributed by atoms with Crippen LogP contribution in [0.15, 0.2) is 77.4 Å². The van der Waals surface area contributed by atoms with Crippen molar-refractivity contribution >= 4 is 5.97 Å². The van der Waals surface area contributed by atoms with Crippen molar-refractivity contribution in [2.45, 2.75) is 19.8 Å². The van der Waals surface area contributed by atoms with Gasteiger partial charge in [-0.05, 0) is 13.8 Å². The molecule has 5 nitrogen and oxygen atoms in total. The van der Waals surface area contributed by atoms with Gasteiger partial charge in [0.05, 0.1) is 23.8 Å². The molecule has 1 unspecified atom stereocenters. The third-order valence-electron chi connectivity index (χ3n) is 3.68. The summed E-state index contributed by atoms with van der Waals surface area (Å²) in [6.07, 6.45) is 0. The first kappa shape index (κ1) is 21.3. The molecule has 0 aromatic heterocycles. The van der Waals surface area contributed by atoms with Gasteiger partial charge >= 0.3 is 5.97 Å². The van der Waals surface area contributed by atoms with Gasteiger partial charge in [0.1, 0.15) is 5.76 Å². The van der Waals surface area contributed by atoms with Gasteiger partial charge in [-0.3, -0.25) is 0 Å². The smallest absolute Gasteiger partial charge is 0.335 e. The number of nitrogens with zero attached hydrogens (tertiary/aromatic N) is 1. The molecular formula is C20H20FeN2O3-6. The van der Waals surface area contributed by atoms with Crippen LogP contribution >= 0.6 is 0 Å². The van der Waals surface area contributed by atoms with E-state index in [0.717, 1.165) is 5.56 Å². The van der Waals surface area contributed by atoms with Crippen LogP contribution in [0.5, 0.6) is 0 Å². The summed E-state index contributed by atoms with van der Waals surface area (Å²) in [7, 11) is 0. The van der Waals surface area contributed by atoms with Crippen LogP contribution in [0.1, 0.15) is 25.3 Å². The number of esters is 1. The topological polar surface area (TPSA) is 85.3 Å². The molecule has 0 bridgehead atoms. The second kappa shape index (κ2) is 10.3. The Bertz CT molecular complexity index is 780. The number of carbonyl (C=O) groups excluding carboxylic acids is 1. The van der Waals surface area contributed by atoms with Crippen molar-refractivity contribution in [2.75, 3.05) is 6.61 Å². The molecule has 0 spiro atoms. The number of nitriles is 1. The first-order valence-corrected chi connectivity index (χ1v) is 7.93. The quantitative estimate of drug-likeness (QED) is 0.491. The van der Waals surface area contributed by atoms with Crippen LogP contribution in [0.2, 0.25) is 0 Å². The molecule has 0 aliphatic carbocycles. The Morgan fingerprint density at radius 3 is 2.46 bits per heavy atom. The van der Waals surface area contributed by atoms with E-state index in [-0.39, 0.29) is 35.1 Å². The van der Waals surface area contributed by atoms with Gasteiger partial charge in [-0.15, -0.1) is 5.92 Å². The molecule has 0 radical (unpaired) electrons. The van der Waals surface area contributed by atoms with E-state index in [1.807, 2.05) is 60.7 Å². The molecule has 26 heavy (non-hydrogen) atoms. The molecule has 142 valence electrons. The fourth-order valence-corrected chi connectivity index (χ4v) is 2.59. The van der Waals surface area contributed by atoms with Crippen LogP contribution in [0, 0.1) is 11.3 Å². The molecule has 1 aliphatic heterocycles. The Kier molecular flexibility index (Phi) is 8.44. The van der Waals surface area contributed by atoms with E-state index in [4.69, 9.17) is 15.2 Å². The molecule has 2 aromatic carbocycles. The summed E-state index contributed by atoms with van der Waals surface area (Å²) < 4.78 is 10.4. The van der Waals surface area contributed by atoms with Crippen molar-refractivity contribution < 1.29 is 31.3 Å². The first-order valence-electron chi connectivity index (χ1n) is 7.93. The third kappa shape index (κ3) is 4.89. The van der Waals surface area contributed by atoms with Gasteiger partial charge in [0, 0.05) is 17.1 Å². The monoisotopic (exact) mass is 392 g/mol. The summed E-state index contributed by atoms with van der Waals surface area (Å²) in [6, 6.07) is 19.4. The Hall–Kier alpha value is -2.74. The Morgan fingerprint density at radius 1 is 1.38 bits per heavy atom. The van der Waals surface area contributed by atoms with Crippen LogP contribution in [-0.2, 0) is 31.3 Å². The van der Waals surface area contributed by atoms with E-state index in [0.29, 0.717) is 11.3 Å². The Balaban J connectivity index is 0.000000486. The molecule has 2 aromatic rings. The SMILES string of the molecule is CCOC(=O)C1=C(C)OC(N)=C(C#N)C1[c-]1[cH-][cH-][cH-][cH-]1.[Fe].c1cc[cH-]c1. The van der Waals surface area contributed by atoms with Crippen LogP contribution in [-0.4, -0.2) is 12.6 Å². The van der Waals surface area contributed by atoms with E-state index in [2.05, 4.69) is 0 Å². The van der Waals surface area contributed by atoms with Gasteiger partial charge in [-0.1, -0.05) is 0 Å². The second-order valence-corrected chi connectivity index (χ2v) is 5.30. The zero-order chi connectivity index (χ0) is 18.2. The maximum Gasteiger partial charge on any atom is 0.335 e. The summed E-state index contributed by atoms with van der Waals surface area (Å²) in [5, 5.41) is 9.30. The van der Waals surface area contributed by atoms with E-state index < -0.39 is 11.9 Å². The average Bonchev–Trinajstić information content (AvgIpc) is 3.30. The predicted octanol–water partition coefficient (Wildman–Crippen LogP) is 3.45. The molecule has 6 heteroatoms. The fourth-order valence-electron chi connectivity index (χ4n) is 2.59. The number of allylic oxidation sites excluding steroid dienone is 2. The molecular weight excluding hydrogens is 372 g/mol. The van der Waals surface area contributed by atoms with Crippen molar-refractivity contribution in [2.24, 2.45) is 5.73 Å². The molecule has 0 fully saturated rings. The summed E-state index contributed by atoms with van der Waals surface area (Å²) in [6.45, 7) is 3.62. The van der Waals surface area contributed by atoms with Crippen LogP contribution in [0.25, 0.3) is 0 Å². The zero-order valence-electron chi connectivity index (χ0n) is 14.6. The van der Waals surface area contributed by atoms with Crippen molar-refractivity contribution in [3.63, 3.8) is 0 Å². The average molecular weight is 392 g/mol. The number of hydrogen-bond donors (Lipinski definition) is 1. The maximum atomic E-state index is 12.1.